The number of sulfonamides is 1. The predicted octanol–water partition coefficient (Wildman–Crippen LogP) is 0.300. The minimum Gasteiger partial charge on any atom is -0.381 e. The van der Waals surface area contributed by atoms with E-state index in [9.17, 15) is 17.6 Å². The predicted molar refractivity (Wildman–Crippen MR) is 104 cm³/mol. The molecular formula is C19H28FN3O5S. The molecule has 10 heteroatoms. The molecule has 2 aliphatic heterocycles. The van der Waals surface area contributed by atoms with Crippen molar-refractivity contribution in [3.63, 3.8) is 0 Å². The number of benzene rings is 1. The second kappa shape index (κ2) is 9.94. The van der Waals surface area contributed by atoms with Crippen LogP contribution in [-0.2, 0) is 24.3 Å². The summed E-state index contributed by atoms with van der Waals surface area (Å²) in [5.74, 6) is -0.571. The SMILES string of the molecule is CN(CC(=O)NCC(C1CCOC1)N1CCOCC1)S(=O)(=O)c1ccc(F)cc1. The lowest BCUT2D eigenvalue weighted by Gasteiger charge is -2.37. The molecule has 3 rings (SSSR count). The van der Waals surface area contributed by atoms with E-state index in [0.717, 1.165) is 42.6 Å². The van der Waals surface area contributed by atoms with Crippen molar-refractivity contribution in [1.29, 1.82) is 0 Å². The molecule has 2 saturated heterocycles. The van der Waals surface area contributed by atoms with Gasteiger partial charge in [-0.25, -0.2) is 12.8 Å². The fraction of sp³-hybridized carbons (Fsp3) is 0.632. The highest BCUT2D eigenvalue weighted by atomic mass is 32.2. The number of ether oxygens (including phenoxy) is 2. The molecule has 0 radical (unpaired) electrons. The Kier molecular flexibility index (Phi) is 7.58. The zero-order chi connectivity index (χ0) is 20.9. The first-order valence-corrected chi connectivity index (χ1v) is 11.2. The Bertz CT molecular complexity index is 778. The van der Waals surface area contributed by atoms with E-state index in [0.29, 0.717) is 32.3 Å². The van der Waals surface area contributed by atoms with Crippen LogP contribution in [0.2, 0.25) is 0 Å². The van der Waals surface area contributed by atoms with Crippen molar-refractivity contribution < 1.29 is 27.1 Å². The van der Waals surface area contributed by atoms with E-state index < -0.39 is 15.8 Å². The Morgan fingerprint density at radius 2 is 1.93 bits per heavy atom. The molecule has 1 aromatic rings. The lowest BCUT2D eigenvalue weighted by molar-refractivity contribution is -0.121. The van der Waals surface area contributed by atoms with Crippen LogP contribution in [0.1, 0.15) is 6.42 Å². The maximum Gasteiger partial charge on any atom is 0.243 e. The fourth-order valence-corrected chi connectivity index (χ4v) is 4.83. The van der Waals surface area contributed by atoms with Gasteiger partial charge in [0.2, 0.25) is 15.9 Å². The summed E-state index contributed by atoms with van der Waals surface area (Å²) in [6.45, 7) is 4.43. The zero-order valence-electron chi connectivity index (χ0n) is 16.5. The third-order valence-corrected chi connectivity index (χ3v) is 7.24. The number of nitrogens with one attached hydrogen (secondary N) is 1. The maximum atomic E-state index is 13.1. The third kappa shape index (κ3) is 5.73. The van der Waals surface area contributed by atoms with Crippen LogP contribution in [0, 0.1) is 11.7 Å². The second-order valence-electron chi connectivity index (χ2n) is 7.36. The molecule has 0 aromatic heterocycles. The zero-order valence-corrected chi connectivity index (χ0v) is 17.4. The largest absolute Gasteiger partial charge is 0.381 e. The minimum absolute atomic E-state index is 0.0523. The number of morpholine rings is 1. The van der Waals surface area contributed by atoms with Crippen LogP contribution in [-0.4, -0.2) is 89.2 Å². The van der Waals surface area contributed by atoms with E-state index in [2.05, 4.69) is 10.2 Å². The van der Waals surface area contributed by atoms with Crippen molar-refractivity contribution in [2.24, 2.45) is 5.92 Å². The summed E-state index contributed by atoms with van der Waals surface area (Å²) in [6.07, 6.45) is 0.941. The van der Waals surface area contributed by atoms with Crippen LogP contribution in [0.25, 0.3) is 0 Å². The second-order valence-corrected chi connectivity index (χ2v) is 9.40. The highest BCUT2D eigenvalue weighted by Crippen LogP contribution is 2.22. The first-order valence-electron chi connectivity index (χ1n) is 9.76. The van der Waals surface area contributed by atoms with Crippen LogP contribution < -0.4 is 5.32 Å². The van der Waals surface area contributed by atoms with E-state index >= 15 is 0 Å². The van der Waals surface area contributed by atoms with Crippen LogP contribution in [0.3, 0.4) is 0 Å². The van der Waals surface area contributed by atoms with Gasteiger partial charge in [0, 0.05) is 45.2 Å². The number of carbonyl (C=O) groups excluding carboxylic acids is 1. The van der Waals surface area contributed by atoms with Gasteiger partial charge in [-0.15, -0.1) is 0 Å². The molecule has 1 amide bonds. The number of nitrogens with zero attached hydrogens (tertiary/aromatic N) is 2. The molecule has 2 atom stereocenters. The number of halogens is 1. The van der Waals surface area contributed by atoms with Crippen molar-refractivity contribution in [3.8, 4) is 0 Å². The Labute approximate surface area is 171 Å². The summed E-state index contributed by atoms with van der Waals surface area (Å²) in [5.41, 5.74) is 0. The Hall–Kier alpha value is -1.59. The molecule has 0 saturated carbocycles. The van der Waals surface area contributed by atoms with Crippen LogP contribution in [0.15, 0.2) is 29.2 Å². The number of hydrogen-bond donors (Lipinski definition) is 1. The molecular weight excluding hydrogens is 401 g/mol. The number of hydrogen-bond acceptors (Lipinski definition) is 6. The van der Waals surface area contributed by atoms with Gasteiger partial charge in [-0.3, -0.25) is 9.69 Å². The smallest absolute Gasteiger partial charge is 0.243 e. The summed E-state index contributed by atoms with van der Waals surface area (Å²) in [6, 6.07) is 4.67. The van der Waals surface area contributed by atoms with E-state index in [1.54, 1.807) is 0 Å². The Morgan fingerprint density at radius 3 is 2.55 bits per heavy atom. The topological polar surface area (TPSA) is 88.2 Å². The van der Waals surface area contributed by atoms with Gasteiger partial charge < -0.3 is 14.8 Å². The van der Waals surface area contributed by atoms with Crippen LogP contribution in [0.5, 0.6) is 0 Å². The summed E-state index contributed by atoms with van der Waals surface area (Å²) < 4.78 is 50.1. The van der Waals surface area contributed by atoms with Crippen molar-refractivity contribution in [2.75, 3.05) is 59.7 Å². The Balaban J connectivity index is 1.57. The van der Waals surface area contributed by atoms with Crippen molar-refractivity contribution in [1.82, 2.24) is 14.5 Å². The molecule has 2 fully saturated rings. The number of likely N-dealkylation sites (N-methyl/N-ethyl adjacent to an activating group) is 1. The van der Waals surface area contributed by atoms with Gasteiger partial charge in [-0.05, 0) is 30.7 Å². The molecule has 1 aromatic carbocycles. The molecule has 2 unspecified atom stereocenters. The van der Waals surface area contributed by atoms with Crippen LogP contribution in [0.4, 0.5) is 4.39 Å². The molecule has 2 aliphatic rings. The number of amides is 1. The average molecular weight is 430 g/mol. The van der Waals surface area contributed by atoms with Gasteiger partial charge in [0.15, 0.2) is 0 Å². The summed E-state index contributed by atoms with van der Waals surface area (Å²) in [5, 5.41) is 2.88. The molecule has 1 N–H and O–H groups in total. The molecule has 2 heterocycles. The van der Waals surface area contributed by atoms with Crippen molar-refractivity contribution >= 4 is 15.9 Å². The lowest BCUT2D eigenvalue weighted by atomic mass is 9.97. The number of rotatable bonds is 8. The molecule has 162 valence electrons. The van der Waals surface area contributed by atoms with Gasteiger partial charge in [0.25, 0.3) is 0 Å². The molecule has 29 heavy (non-hydrogen) atoms. The normalized spacial score (nSPS) is 22.0. The molecule has 0 bridgehead atoms. The van der Waals surface area contributed by atoms with E-state index in [-0.39, 0.29) is 23.4 Å². The average Bonchev–Trinajstić information content (AvgIpc) is 3.24. The first kappa shape index (κ1) is 22.1. The summed E-state index contributed by atoms with van der Waals surface area (Å²) in [7, 11) is -2.53. The summed E-state index contributed by atoms with van der Waals surface area (Å²) in [4.78, 5) is 14.7. The van der Waals surface area contributed by atoms with Gasteiger partial charge in [-0.2, -0.15) is 4.31 Å². The fourth-order valence-electron chi connectivity index (χ4n) is 3.71. The van der Waals surface area contributed by atoms with Crippen molar-refractivity contribution in [2.45, 2.75) is 17.4 Å². The molecule has 0 aliphatic carbocycles. The van der Waals surface area contributed by atoms with E-state index in [4.69, 9.17) is 9.47 Å². The summed E-state index contributed by atoms with van der Waals surface area (Å²) >= 11 is 0. The van der Waals surface area contributed by atoms with E-state index in [1.807, 2.05) is 0 Å². The third-order valence-electron chi connectivity index (χ3n) is 5.42. The Morgan fingerprint density at radius 1 is 1.24 bits per heavy atom. The van der Waals surface area contributed by atoms with E-state index in [1.165, 1.54) is 19.2 Å². The lowest BCUT2D eigenvalue weighted by Crippen LogP contribution is -2.53. The highest BCUT2D eigenvalue weighted by Gasteiger charge is 2.32. The quantitative estimate of drug-likeness (QED) is 0.640. The van der Waals surface area contributed by atoms with Crippen LogP contribution >= 0.6 is 0 Å². The minimum atomic E-state index is -3.87. The van der Waals surface area contributed by atoms with Gasteiger partial charge in [0.05, 0.1) is 31.3 Å². The van der Waals surface area contributed by atoms with Gasteiger partial charge in [-0.1, -0.05) is 0 Å². The highest BCUT2D eigenvalue weighted by molar-refractivity contribution is 7.89. The van der Waals surface area contributed by atoms with Gasteiger partial charge in [0.1, 0.15) is 5.82 Å². The maximum absolute atomic E-state index is 13.1. The van der Waals surface area contributed by atoms with Gasteiger partial charge >= 0.3 is 0 Å². The molecule has 8 nitrogen and oxygen atoms in total. The standard InChI is InChI=1S/C19H28FN3O5S/c1-22(29(25,26)17-4-2-16(20)3-5-17)13-19(24)21-12-18(15-6-9-28-14-15)23-7-10-27-11-8-23/h2-5,15,18H,6-14H2,1H3,(H,21,24). The first-order chi connectivity index (χ1) is 13.9. The molecule has 0 spiro atoms. The van der Waals surface area contributed by atoms with Crippen molar-refractivity contribution in [3.05, 3.63) is 30.1 Å². The monoisotopic (exact) mass is 429 g/mol. The number of carbonyl (C=O) groups is 1.